The first kappa shape index (κ1) is 21.6. The number of anilines is 1. The summed E-state index contributed by atoms with van der Waals surface area (Å²) in [4.78, 5) is 11.7. The molecule has 0 aliphatic carbocycles. The van der Waals surface area contributed by atoms with Gasteiger partial charge in [0.1, 0.15) is 5.82 Å². The average molecular weight is 489 g/mol. The van der Waals surface area contributed by atoms with E-state index in [1.54, 1.807) is 0 Å². The number of thioether (sulfide) groups is 1. The zero-order valence-electron chi connectivity index (χ0n) is 15.7. The molecule has 2 aliphatic heterocycles. The van der Waals surface area contributed by atoms with E-state index in [-0.39, 0.29) is 24.0 Å². The van der Waals surface area contributed by atoms with Crippen LogP contribution < -0.4 is 15.5 Å². The zero-order chi connectivity index (χ0) is 17.3. The summed E-state index contributed by atoms with van der Waals surface area (Å²) in [6, 6.07) is 4.28. The average Bonchev–Trinajstić information content (AvgIpc) is 3.18. The van der Waals surface area contributed by atoms with E-state index >= 15 is 0 Å². The van der Waals surface area contributed by atoms with Gasteiger partial charge in [0.25, 0.3) is 0 Å². The van der Waals surface area contributed by atoms with E-state index in [9.17, 15) is 0 Å². The second-order valence-electron chi connectivity index (χ2n) is 6.78. The summed E-state index contributed by atoms with van der Waals surface area (Å²) in [5, 5.41) is 7.59. The van der Waals surface area contributed by atoms with Gasteiger partial charge >= 0.3 is 0 Å². The Hall–Kier alpha value is -0.700. The molecule has 2 aliphatic rings. The van der Waals surface area contributed by atoms with Crippen LogP contribution in [0, 0.1) is 0 Å². The summed E-state index contributed by atoms with van der Waals surface area (Å²) in [5.41, 5.74) is 1.23. The monoisotopic (exact) mass is 489 g/mol. The molecule has 2 saturated heterocycles. The Labute approximate surface area is 179 Å². The van der Waals surface area contributed by atoms with Crippen LogP contribution in [0.25, 0.3) is 0 Å². The lowest BCUT2D eigenvalue weighted by Gasteiger charge is -2.27. The molecule has 1 atom stereocenters. The fourth-order valence-corrected chi connectivity index (χ4v) is 4.58. The number of hydrogen-bond donors (Lipinski definition) is 2. The first-order chi connectivity index (χ1) is 12.3. The Balaban J connectivity index is 0.00000243. The molecule has 0 aromatic carbocycles. The molecule has 0 spiro atoms. The quantitative estimate of drug-likeness (QED) is 0.363. The first-order valence-corrected chi connectivity index (χ1v) is 10.7. The fraction of sp³-hybridized carbons (Fsp3) is 0.684. The van der Waals surface area contributed by atoms with Crippen molar-refractivity contribution in [3.63, 3.8) is 0 Å². The number of aromatic nitrogens is 1. The van der Waals surface area contributed by atoms with Gasteiger partial charge in [-0.3, -0.25) is 0 Å². The Morgan fingerprint density at radius 2 is 2.12 bits per heavy atom. The molecule has 0 radical (unpaired) electrons. The van der Waals surface area contributed by atoms with Crippen molar-refractivity contribution in [3.05, 3.63) is 23.9 Å². The second kappa shape index (κ2) is 11.9. The van der Waals surface area contributed by atoms with Crippen molar-refractivity contribution >= 4 is 47.5 Å². The van der Waals surface area contributed by atoms with Crippen LogP contribution in [0.2, 0.25) is 0 Å². The van der Waals surface area contributed by atoms with Crippen LogP contribution in [-0.4, -0.2) is 48.1 Å². The van der Waals surface area contributed by atoms with Crippen LogP contribution in [-0.2, 0) is 6.54 Å². The predicted molar refractivity (Wildman–Crippen MR) is 124 cm³/mol. The highest BCUT2D eigenvalue weighted by molar-refractivity contribution is 14.0. The van der Waals surface area contributed by atoms with Gasteiger partial charge in [-0.15, -0.1) is 24.0 Å². The van der Waals surface area contributed by atoms with Gasteiger partial charge in [-0.2, -0.15) is 11.8 Å². The number of nitrogens with one attached hydrogen (secondary N) is 2. The zero-order valence-corrected chi connectivity index (χ0v) is 18.9. The van der Waals surface area contributed by atoms with E-state index in [4.69, 9.17) is 4.99 Å². The molecular weight excluding hydrogens is 457 g/mol. The third-order valence-electron chi connectivity index (χ3n) is 4.78. The first-order valence-electron chi connectivity index (χ1n) is 9.69. The summed E-state index contributed by atoms with van der Waals surface area (Å²) in [7, 11) is 0. The number of piperidine rings is 1. The summed E-state index contributed by atoms with van der Waals surface area (Å²) < 4.78 is 0. The van der Waals surface area contributed by atoms with E-state index in [1.807, 2.05) is 6.20 Å². The van der Waals surface area contributed by atoms with Crippen LogP contribution in [0.15, 0.2) is 23.3 Å². The molecule has 2 N–H and O–H groups in total. The molecule has 3 rings (SSSR count). The molecule has 2 fully saturated rings. The van der Waals surface area contributed by atoms with Gasteiger partial charge in [0.15, 0.2) is 5.96 Å². The minimum absolute atomic E-state index is 0. The van der Waals surface area contributed by atoms with Crippen molar-refractivity contribution in [3.8, 4) is 0 Å². The fourth-order valence-electron chi connectivity index (χ4n) is 3.38. The topological polar surface area (TPSA) is 52.6 Å². The molecule has 0 saturated carbocycles. The SMILES string of the molecule is CCNC(=NCc1ccnc(N2CCCCC2)c1)NCC1CCCS1.I. The third kappa shape index (κ3) is 6.79. The van der Waals surface area contributed by atoms with Crippen molar-refractivity contribution in [2.24, 2.45) is 4.99 Å². The van der Waals surface area contributed by atoms with Gasteiger partial charge in [-0.05, 0) is 62.5 Å². The number of rotatable bonds is 6. The number of aliphatic imine (C=N–C) groups is 1. The van der Waals surface area contributed by atoms with E-state index in [2.05, 4.69) is 51.3 Å². The maximum absolute atomic E-state index is 4.77. The van der Waals surface area contributed by atoms with Gasteiger partial charge in [-0.1, -0.05) is 0 Å². The minimum atomic E-state index is 0. The number of nitrogens with zero attached hydrogens (tertiary/aromatic N) is 3. The van der Waals surface area contributed by atoms with Crippen molar-refractivity contribution in [2.75, 3.05) is 36.8 Å². The maximum atomic E-state index is 4.77. The van der Waals surface area contributed by atoms with Crippen LogP contribution in [0.5, 0.6) is 0 Å². The highest BCUT2D eigenvalue weighted by Gasteiger charge is 2.15. The highest BCUT2D eigenvalue weighted by Crippen LogP contribution is 2.25. The van der Waals surface area contributed by atoms with Crippen molar-refractivity contribution in [1.29, 1.82) is 0 Å². The van der Waals surface area contributed by atoms with E-state index in [0.29, 0.717) is 6.54 Å². The lowest BCUT2D eigenvalue weighted by Crippen LogP contribution is -2.40. The second-order valence-corrected chi connectivity index (χ2v) is 8.19. The Morgan fingerprint density at radius 3 is 2.85 bits per heavy atom. The molecule has 26 heavy (non-hydrogen) atoms. The Morgan fingerprint density at radius 1 is 1.27 bits per heavy atom. The molecule has 0 amide bonds. The Kier molecular flexibility index (Phi) is 9.88. The molecule has 3 heterocycles. The number of guanidine groups is 1. The number of halogens is 1. The van der Waals surface area contributed by atoms with Crippen LogP contribution in [0.4, 0.5) is 5.82 Å². The standard InChI is InChI=1S/C19H31N5S.HI/c1-2-20-19(23-15-17-7-6-12-25-17)22-14-16-8-9-21-18(13-16)24-10-4-3-5-11-24;/h8-9,13,17H,2-7,10-12,14-15H2,1H3,(H2,20,22,23);1H. The van der Waals surface area contributed by atoms with Crippen molar-refractivity contribution < 1.29 is 0 Å². The molecular formula is C19H32IN5S. The van der Waals surface area contributed by atoms with Crippen LogP contribution >= 0.6 is 35.7 Å². The van der Waals surface area contributed by atoms with Gasteiger partial charge in [0, 0.05) is 37.6 Å². The number of hydrogen-bond acceptors (Lipinski definition) is 4. The van der Waals surface area contributed by atoms with Crippen LogP contribution in [0.3, 0.4) is 0 Å². The number of pyridine rings is 1. The molecule has 1 aromatic heterocycles. The lowest BCUT2D eigenvalue weighted by molar-refractivity contribution is 0.573. The molecule has 1 aromatic rings. The minimum Gasteiger partial charge on any atom is -0.357 e. The summed E-state index contributed by atoms with van der Waals surface area (Å²) in [6.45, 7) is 6.95. The largest absolute Gasteiger partial charge is 0.357 e. The van der Waals surface area contributed by atoms with E-state index in [0.717, 1.165) is 43.2 Å². The summed E-state index contributed by atoms with van der Waals surface area (Å²) in [6.07, 6.45) is 8.48. The molecule has 1 unspecified atom stereocenters. The smallest absolute Gasteiger partial charge is 0.191 e. The molecule has 7 heteroatoms. The van der Waals surface area contributed by atoms with Gasteiger partial charge < -0.3 is 15.5 Å². The lowest BCUT2D eigenvalue weighted by atomic mass is 10.1. The van der Waals surface area contributed by atoms with Gasteiger partial charge in [0.2, 0.25) is 0 Å². The van der Waals surface area contributed by atoms with E-state index in [1.165, 1.54) is 43.4 Å². The predicted octanol–water partition coefficient (Wildman–Crippen LogP) is 3.64. The normalized spacial score (nSPS) is 20.6. The van der Waals surface area contributed by atoms with Gasteiger partial charge in [0.05, 0.1) is 6.54 Å². The van der Waals surface area contributed by atoms with Crippen LogP contribution in [0.1, 0.15) is 44.6 Å². The summed E-state index contributed by atoms with van der Waals surface area (Å²) >= 11 is 2.08. The van der Waals surface area contributed by atoms with Crippen molar-refractivity contribution in [2.45, 2.75) is 50.8 Å². The maximum Gasteiger partial charge on any atom is 0.191 e. The van der Waals surface area contributed by atoms with E-state index < -0.39 is 0 Å². The summed E-state index contributed by atoms with van der Waals surface area (Å²) in [5.74, 6) is 3.33. The Bertz CT molecular complexity index is 557. The van der Waals surface area contributed by atoms with Crippen molar-refractivity contribution in [1.82, 2.24) is 15.6 Å². The molecule has 146 valence electrons. The van der Waals surface area contributed by atoms with Gasteiger partial charge in [-0.25, -0.2) is 9.98 Å². The highest BCUT2D eigenvalue weighted by atomic mass is 127. The molecule has 0 bridgehead atoms. The molecule has 5 nitrogen and oxygen atoms in total. The third-order valence-corrected chi connectivity index (χ3v) is 6.17.